The van der Waals surface area contributed by atoms with Crippen molar-refractivity contribution in [1.29, 1.82) is 5.26 Å². The van der Waals surface area contributed by atoms with Gasteiger partial charge in [0.15, 0.2) is 6.61 Å². The highest BCUT2D eigenvalue weighted by molar-refractivity contribution is 5.48. The Morgan fingerprint density at radius 1 is 1.44 bits per heavy atom. The Morgan fingerprint density at radius 2 is 2.33 bits per heavy atom. The number of ether oxygens (including phenoxy) is 1. The number of aromatic nitrogens is 2. The normalized spacial score (nSPS) is 9.78. The number of anilines is 1. The van der Waals surface area contributed by atoms with Gasteiger partial charge >= 0.3 is 0 Å². The smallest absolute Gasteiger partial charge is 0.174 e. The predicted molar refractivity (Wildman–Crippen MR) is 68.1 cm³/mol. The highest BCUT2D eigenvalue weighted by Gasteiger charge is 2.00. The second-order valence-corrected chi connectivity index (χ2v) is 3.77. The van der Waals surface area contributed by atoms with Gasteiger partial charge in [-0.1, -0.05) is 6.07 Å². The summed E-state index contributed by atoms with van der Waals surface area (Å²) in [5.41, 5.74) is 2.05. The summed E-state index contributed by atoms with van der Waals surface area (Å²) in [4.78, 5) is 0. The van der Waals surface area contributed by atoms with E-state index in [-0.39, 0.29) is 6.61 Å². The van der Waals surface area contributed by atoms with Gasteiger partial charge in [0.1, 0.15) is 11.8 Å². The molecule has 0 fully saturated rings. The van der Waals surface area contributed by atoms with E-state index in [2.05, 4.69) is 10.4 Å². The van der Waals surface area contributed by atoms with E-state index < -0.39 is 0 Å². The molecule has 0 bridgehead atoms. The van der Waals surface area contributed by atoms with Crippen LogP contribution >= 0.6 is 0 Å². The third-order valence-corrected chi connectivity index (χ3v) is 2.53. The lowest BCUT2D eigenvalue weighted by molar-refractivity contribution is 0.368. The lowest BCUT2D eigenvalue weighted by Crippen LogP contribution is -2.05. The van der Waals surface area contributed by atoms with Crippen LogP contribution in [0.3, 0.4) is 0 Å². The zero-order valence-corrected chi connectivity index (χ0v) is 10.1. The summed E-state index contributed by atoms with van der Waals surface area (Å²) in [7, 11) is 1.91. The van der Waals surface area contributed by atoms with Crippen molar-refractivity contribution in [3.63, 3.8) is 0 Å². The zero-order valence-electron chi connectivity index (χ0n) is 10.1. The van der Waals surface area contributed by atoms with Crippen molar-refractivity contribution >= 4 is 5.69 Å². The van der Waals surface area contributed by atoms with Crippen molar-refractivity contribution in [3.8, 4) is 11.8 Å². The van der Waals surface area contributed by atoms with Gasteiger partial charge in [0.05, 0.1) is 12.2 Å². The molecule has 18 heavy (non-hydrogen) atoms. The van der Waals surface area contributed by atoms with Gasteiger partial charge < -0.3 is 10.1 Å². The minimum Gasteiger partial charge on any atom is -0.479 e. The van der Waals surface area contributed by atoms with Crippen molar-refractivity contribution in [2.24, 2.45) is 7.05 Å². The minimum atomic E-state index is 0.0607. The van der Waals surface area contributed by atoms with E-state index in [1.54, 1.807) is 6.20 Å². The van der Waals surface area contributed by atoms with Crippen LogP contribution in [0.2, 0.25) is 0 Å². The molecular weight excluding hydrogens is 228 g/mol. The number of benzene rings is 1. The monoisotopic (exact) mass is 242 g/mol. The average molecular weight is 242 g/mol. The van der Waals surface area contributed by atoms with E-state index in [9.17, 15) is 0 Å². The van der Waals surface area contributed by atoms with Crippen LogP contribution in [0.15, 0.2) is 36.5 Å². The maximum atomic E-state index is 8.46. The molecule has 1 aromatic heterocycles. The largest absolute Gasteiger partial charge is 0.479 e. The summed E-state index contributed by atoms with van der Waals surface area (Å²) < 4.78 is 7.06. The number of nitrogens with zero attached hydrogens (tertiary/aromatic N) is 3. The first-order valence-electron chi connectivity index (χ1n) is 5.60. The molecule has 0 amide bonds. The Morgan fingerprint density at radius 3 is 3.06 bits per heavy atom. The molecule has 0 aliphatic carbocycles. The summed E-state index contributed by atoms with van der Waals surface area (Å²) in [5.74, 6) is 0.687. The first kappa shape index (κ1) is 12.0. The lowest BCUT2D eigenvalue weighted by atomic mass is 10.3. The Balaban J connectivity index is 1.97. The lowest BCUT2D eigenvalue weighted by Gasteiger charge is -2.08. The molecule has 0 aliphatic rings. The molecule has 0 unspecified atom stereocenters. The molecule has 5 nitrogen and oxygen atoms in total. The van der Waals surface area contributed by atoms with Gasteiger partial charge in [-0.05, 0) is 18.2 Å². The molecule has 5 heteroatoms. The van der Waals surface area contributed by atoms with Gasteiger partial charge in [0.25, 0.3) is 0 Å². The first-order valence-corrected chi connectivity index (χ1v) is 5.60. The quantitative estimate of drug-likeness (QED) is 0.870. The standard InChI is InChI=1S/C13H14N4O/c1-17-12(5-7-16-17)10-15-11-3-2-4-13(9-11)18-8-6-14/h2-5,7,9,15H,8,10H2,1H3. The SMILES string of the molecule is Cn1nccc1CNc1cccc(OCC#N)c1. The zero-order chi connectivity index (χ0) is 12.8. The van der Waals surface area contributed by atoms with Gasteiger partial charge in [-0.3, -0.25) is 4.68 Å². The van der Waals surface area contributed by atoms with Crippen LogP contribution in [0.25, 0.3) is 0 Å². The van der Waals surface area contributed by atoms with Crippen LogP contribution in [0, 0.1) is 11.3 Å². The van der Waals surface area contributed by atoms with Crippen molar-refractivity contribution in [2.45, 2.75) is 6.54 Å². The van der Waals surface area contributed by atoms with E-state index >= 15 is 0 Å². The molecule has 1 aromatic carbocycles. The number of aryl methyl sites for hydroxylation is 1. The molecule has 0 radical (unpaired) electrons. The van der Waals surface area contributed by atoms with Gasteiger partial charge in [-0.15, -0.1) is 0 Å². The molecule has 0 atom stereocenters. The third-order valence-electron chi connectivity index (χ3n) is 2.53. The summed E-state index contributed by atoms with van der Waals surface area (Å²) >= 11 is 0. The van der Waals surface area contributed by atoms with Crippen LogP contribution in [0.5, 0.6) is 5.75 Å². The Kier molecular flexibility index (Phi) is 3.82. The van der Waals surface area contributed by atoms with Gasteiger partial charge in [0.2, 0.25) is 0 Å². The topological polar surface area (TPSA) is 62.9 Å². The van der Waals surface area contributed by atoms with Gasteiger partial charge in [-0.25, -0.2) is 0 Å². The highest BCUT2D eigenvalue weighted by atomic mass is 16.5. The number of hydrogen-bond donors (Lipinski definition) is 1. The molecule has 0 aliphatic heterocycles. The number of nitrogens with one attached hydrogen (secondary N) is 1. The van der Waals surface area contributed by atoms with Crippen molar-refractivity contribution < 1.29 is 4.74 Å². The fourth-order valence-corrected chi connectivity index (χ4v) is 1.58. The number of hydrogen-bond acceptors (Lipinski definition) is 4. The van der Waals surface area contributed by atoms with E-state index in [4.69, 9.17) is 10.00 Å². The third kappa shape index (κ3) is 3.01. The van der Waals surface area contributed by atoms with E-state index in [1.807, 2.05) is 48.1 Å². The Hall–Kier alpha value is -2.48. The van der Waals surface area contributed by atoms with Gasteiger partial charge in [0, 0.05) is 25.0 Å². The van der Waals surface area contributed by atoms with Gasteiger partial charge in [-0.2, -0.15) is 10.4 Å². The fraction of sp³-hybridized carbons (Fsp3) is 0.231. The summed E-state index contributed by atoms with van der Waals surface area (Å²) in [5, 5.41) is 15.8. The first-order chi connectivity index (χ1) is 8.79. The molecule has 0 saturated carbocycles. The van der Waals surface area contributed by atoms with Crippen LogP contribution < -0.4 is 10.1 Å². The molecule has 0 spiro atoms. The molecule has 0 saturated heterocycles. The molecule has 1 N–H and O–H groups in total. The minimum absolute atomic E-state index is 0.0607. The number of nitriles is 1. The van der Waals surface area contributed by atoms with Crippen molar-refractivity contribution in [1.82, 2.24) is 9.78 Å². The second kappa shape index (κ2) is 5.73. The average Bonchev–Trinajstić information content (AvgIpc) is 2.80. The molecule has 1 heterocycles. The molecular formula is C13H14N4O. The van der Waals surface area contributed by atoms with Crippen LogP contribution in [-0.2, 0) is 13.6 Å². The molecule has 2 aromatic rings. The predicted octanol–water partition coefficient (Wildman–Crippen LogP) is 1.93. The maximum absolute atomic E-state index is 8.46. The summed E-state index contributed by atoms with van der Waals surface area (Å²) in [6.07, 6.45) is 1.77. The highest BCUT2D eigenvalue weighted by Crippen LogP contribution is 2.17. The molecule has 92 valence electrons. The van der Waals surface area contributed by atoms with Crippen LogP contribution in [-0.4, -0.2) is 16.4 Å². The van der Waals surface area contributed by atoms with E-state index in [0.717, 1.165) is 11.4 Å². The van der Waals surface area contributed by atoms with Crippen molar-refractivity contribution in [2.75, 3.05) is 11.9 Å². The summed E-state index contributed by atoms with van der Waals surface area (Å²) in [6.45, 7) is 0.753. The molecule has 2 rings (SSSR count). The van der Waals surface area contributed by atoms with Crippen molar-refractivity contribution in [3.05, 3.63) is 42.2 Å². The Labute approximate surface area is 106 Å². The number of rotatable bonds is 5. The van der Waals surface area contributed by atoms with E-state index in [0.29, 0.717) is 12.3 Å². The van der Waals surface area contributed by atoms with E-state index in [1.165, 1.54) is 0 Å². The van der Waals surface area contributed by atoms with Crippen LogP contribution in [0.1, 0.15) is 5.69 Å². The Bertz CT molecular complexity index is 556. The second-order valence-electron chi connectivity index (χ2n) is 3.77. The maximum Gasteiger partial charge on any atom is 0.174 e. The van der Waals surface area contributed by atoms with Crippen LogP contribution in [0.4, 0.5) is 5.69 Å². The summed E-state index contributed by atoms with van der Waals surface area (Å²) in [6, 6.07) is 11.4. The fourth-order valence-electron chi connectivity index (χ4n) is 1.58.